The lowest BCUT2D eigenvalue weighted by molar-refractivity contribution is -0.132. The van der Waals surface area contributed by atoms with Gasteiger partial charge in [-0.05, 0) is 63.3 Å². The highest BCUT2D eigenvalue weighted by Gasteiger charge is 2.22. The zero-order chi connectivity index (χ0) is 26.1. The van der Waals surface area contributed by atoms with Gasteiger partial charge in [0.1, 0.15) is 6.10 Å². The molecule has 36 heavy (non-hydrogen) atoms. The topological polar surface area (TPSA) is 92.7 Å². The number of hydrogen-bond donors (Lipinski definition) is 1. The van der Waals surface area contributed by atoms with Crippen LogP contribution in [0.1, 0.15) is 44.2 Å². The Hall–Kier alpha value is -3.59. The zero-order valence-electron chi connectivity index (χ0n) is 21.7. The summed E-state index contributed by atoms with van der Waals surface area (Å²) in [5.74, 6) is 1.30. The highest BCUT2D eigenvalue weighted by Crippen LogP contribution is 2.30. The molecule has 9 heteroatoms. The molecule has 0 saturated heterocycles. The van der Waals surface area contributed by atoms with E-state index in [0.29, 0.717) is 49.7 Å². The molecule has 0 aromatic heterocycles. The van der Waals surface area contributed by atoms with E-state index >= 15 is 0 Å². The number of likely N-dealkylation sites (N-methyl/N-ethyl adjacent to an activating group) is 1. The van der Waals surface area contributed by atoms with Gasteiger partial charge in [-0.25, -0.2) is 9.80 Å². The minimum atomic E-state index is -0.501. The second-order valence-corrected chi connectivity index (χ2v) is 9.01. The molecule has 194 valence electrons. The van der Waals surface area contributed by atoms with Crippen LogP contribution in [0.5, 0.6) is 11.5 Å². The fourth-order valence-electron chi connectivity index (χ4n) is 3.86. The first-order chi connectivity index (χ1) is 17.3. The Bertz CT molecular complexity index is 1070. The van der Waals surface area contributed by atoms with Crippen molar-refractivity contribution in [2.45, 2.75) is 45.8 Å². The van der Waals surface area contributed by atoms with Gasteiger partial charge in [-0.15, -0.1) is 0 Å². The fourth-order valence-corrected chi connectivity index (χ4v) is 3.86. The van der Waals surface area contributed by atoms with Gasteiger partial charge in [-0.1, -0.05) is 19.1 Å². The largest absolute Gasteiger partial charge is 0.493 e. The molecule has 1 unspecified atom stereocenters. The number of carbonyl (C=O) groups is 2. The van der Waals surface area contributed by atoms with E-state index < -0.39 is 6.09 Å². The SMILES string of the molecule is CCCOc1cc(C2=NN(Cc3ccc(NC(=O)OC(C)CN(C)C)cc3)C(=O)CC2)ccc1OC. The summed E-state index contributed by atoms with van der Waals surface area (Å²) in [6, 6.07) is 13.0. The minimum Gasteiger partial charge on any atom is -0.493 e. The summed E-state index contributed by atoms with van der Waals surface area (Å²) in [5, 5.41) is 8.87. The molecule has 1 N–H and O–H groups in total. The van der Waals surface area contributed by atoms with Gasteiger partial charge in [0.15, 0.2) is 11.5 Å². The summed E-state index contributed by atoms with van der Waals surface area (Å²) in [5.41, 5.74) is 3.25. The average molecular weight is 497 g/mol. The van der Waals surface area contributed by atoms with Gasteiger partial charge in [-0.2, -0.15) is 5.10 Å². The van der Waals surface area contributed by atoms with Crippen LogP contribution < -0.4 is 14.8 Å². The number of ether oxygens (including phenoxy) is 3. The van der Waals surface area contributed by atoms with Crippen molar-refractivity contribution in [2.24, 2.45) is 5.10 Å². The summed E-state index contributed by atoms with van der Waals surface area (Å²) < 4.78 is 16.6. The van der Waals surface area contributed by atoms with Crippen LogP contribution in [0, 0.1) is 0 Å². The Morgan fingerprint density at radius 2 is 1.89 bits per heavy atom. The molecular weight excluding hydrogens is 460 g/mol. The van der Waals surface area contributed by atoms with Crippen molar-refractivity contribution in [2.75, 3.05) is 39.7 Å². The van der Waals surface area contributed by atoms with E-state index in [1.165, 1.54) is 5.01 Å². The number of carbonyl (C=O) groups excluding carboxylic acids is 2. The number of benzene rings is 2. The Morgan fingerprint density at radius 3 is 2.56 bits per heavy atom. The number of rotatable bonds is 11. The molecule has 1 atom stereocenters. The van der Waals surface area contributed by atoms with Crippen molar-refractivity contribution in [1.29, 1.82) is 0 Å². The number of hydrazone groups is 1. The van der Waals surface area contributed by atoms with Crippen LogP contribution in [-0.2, 0) is 16.1 Å². The monoisotopic (exact) mass is 496 g/mol. The number of nitrogens with zero attached hydrogens (tertiary/aromatic N) is 3. The van der Waals surface area contributed by atoms with Crippen LogP contribution in [0.15, 0.2) is 47.6 Å². The van der Waals surface area contributed by atoms with E-state index in [0.717, 1.165) is 23.3 Å². The van der Waals surface area contributed by atoms with Gasteiger partial charge in [0.05, 0.1) is 26.0 Å². The van der Waals surface area contributed by atoms with Gasteiger partial charge in [0.2, 0.25) is 5.91 Å². The van der Waals surface area contributed by atoms with Crippen molar-refractivity contribution >= 4 is 23.4 Å². The number of hydrogen-bond acceptors (Lipinski definition) is 7. The Morgan fingerprint density at radius 1 is 1.14 bits per heavy atom. The average Bonchev–Trinajstić information content (AvgIpc) is 2.84. The first-order valence-corrected chi connectivity index (χ1v) is 12.2. The smallest absolute Gasteiger partial charge is 0.411 e. The predicted molar refractivity (Wildman–Crippen MR) is 140 cm³/mol. The van der Waals surface area contributed by atoms with Crippen molar-refractivity contribution in [1.82, 2.24) is 9.91 Å². The second kappa shape index (κ2) is 12.9. The number of nitrogens with one attached hydrogen (secondary N) is 1. The maximum Gasteiger partial charge on any atom is 0.411 e. The molecule has 0 saturated carbocycles. The van der Waals surface area contributed by atoms with Gasteiger partial charge in [0, 0.05) is 30.6 Å². The summed E-state index contributed by atoms with van der Waals surface area (Å²) in [7, 11) is 5.46. The van der Waals surface area contributed by atoms with Crippen LogP contribution in [-0.4, -0.2) is 68.1 Å². The number of amides is 2. The minimum absolute atomic E-state index is 0.0321. The molecule has 0 radical (unpaired) electrons. The predicted octanol–water partition coefficient (Wildman–Crippen LogP) is 4.51. The molecule has 0 aliphatic carbocycles. The molecule has 2 amide bonds. The lowest BCUT2D eigenvalue weighted by Crippen LogP contribution is -2.31. The number of methoxy groups -OCH3 is 1. The maximum atomic E-state index is 12.6. The van der Waals surface area contributed by atoms with E-state index in [4.69, 9.17) is 14.2 Å². The van der Waals surface area contributed by atoms with Crippen LogP contribution in [0.3, 0.4) is 0 Å². The van der Waals surface area contributed by atoms with E-state index in [2.05, 4.69) is 10.4 Å². The second-order valence-electron chi connectivity index (χ2n) is 9.01. The van der Waals surface area contributed by atoms with E-state index in [1.807, 2.05) is 63.2 Å². The molecule has 1 heterocycles. The molecule has 0 fully saturated rings. The molecule has 9 nitrogen and oxygen atoms in total. The van der Waals surface area contributed by atoms with Gasteiger partial charge >= 0.3 is 6.09 Å². The van der Waals surface area contributed by atoms with Gasteiger partial charge in [0.25, 0.3) is 0 Å². The van der Waals surface area contributed by atoms with E-state index in [9.17, 15) is 9.59 Å². The lowest BCUT2D eigenvalue weighted by atomic mass is 10.0. The quantitative estimate of drug-likeness (QED) is 0.492. The molecule has 0 spiro atoms. The first-order valence-electron chi connectivity index (χ1n) is 12.2. The van der Waals surface area contributed by atoms with Crippen LogP contribution in [0.25, 0.3) is 0 Å². The Balaban J connectivity index is 1.66. The van der Waals surface area contributed by atoms with Crippen LogP contribution in [0.4, 0.5) is 10.5 Å². The third-order valence-electron chi connectivity index (χ3n) is 5.53. The molecule has 3 rings (SSSR count). The highest BCUT2D eigenvalue weighted by molar-refractivity contribution is 6.04. The molecule has 2 aromatic carbocycles. The fraction of sp³-hybridized carbons (Fsp3) is 0.444. The van der Waals surface area contributed by atoms with E-state index in [-0.39, 0.29) is 12.0 Å². The zero-order valence-corrected chi connectivity index (χ0v) is 21.7. The summed E-state index contributed by atoms with van der Waals surface area (Å²) in [6.45, 7) is 5.46. The van der Waals surface area contributed by atoms with Gasteiger partial charge in [-0.3, -0.25) is 10.1 Å². The summed E-state index contributed by atoms with van der Waals surface area (Å²) >= 11 is 0. The van der Waals surface area contributed by atoms with Crippen molar-refractivity contribution in [3.05, 3.63) is 53.6 Å². The molecule has 1 aliphatic heterocycles. The van der Waals surface area contributed by atoms with Crippen molar-refractivity contribution < 1.29 is 23.8 Å². The lowest BCUT2D eigenvalue weighted by Gasteiger charge is -2.24. The summed E-state index contributed by atoms with van der Waals surface area (Å²) in [4.78, 5) is 26.6. The van der Waals surface area contributed by atoms with Crippen molar-refractivity contribution in [3.63, 3.8) is 0 Å². The molecule has 1 aliphatic rings. The Kier molecular flexibility index (Phi) is 9.69. The maximum absolute atomic E-state index is 12.6. The third kappa shape index (κ3) is 7.71. The third-order valence-corrected chi connectivity index (χ3v) is 5.53. The number of anilines is 1. The van der Waals surface area contributed by atoms with Crippen LogP contribution >= 0.6 is 0 Å². The highest BCUT2D eigenvalue weighted by atomic mass is 16.6. The van der Waals surface area contributed by atoms with Gasteiger partial charge < -0.3 is 19.1 Å². The molecular formula is C27H36N4O5. The molecule has 2 aromatic rings. The van der Waals surface area contributed by atoms with Crippen LogP contribution in [0.2, 0.25) is 0 Å². The van der Waals surface area contributed by atoms with Crippen molar-refractivity contribution in [3.8, 4) is 11.5 Å². The van der Waals surface area contributed by atoms with E-state index in [1.54, 1.807) is 19.2 Å². The Labute approximate surface area is 213 Å². The molecule has 0 bridgehead atoms. The first kappa shape index (κ1) is 27.0. The standard InChI is InChI=1S/C27H36N4O5/c1-6-15-35-25-16-21(9-13-24(25)34-5)23-12-14-26(32)31(29-23)18-20-7-10-22(11-8-20)28-27(33)36-19(2)17-30(3)4/h7-11,13,16,19H,6,12,14-15,17-18H2,1-5H3,(H,28,33). The normalized spacial score (nSPS) is 14.3. The summed E-state index contributed by atoms with van der Waals surface area (Å²) in [6.07, 6.45) is 1.11.